The van der Waals surface area contributed by atoms with Crippen molar-refractivity contribution in [2.45, 2.75) is 24.9 Å². The van der Waals surface area contributed by atoms with Crippen molar-refractivity contribution in [1.29, 1.82) is 0 Å². The molecule has 2 rings (SSSR count). The van der Waals surface area contributed by atoms with Gasteiger partial charge in [-0.25, -0.2) is 0 Å². The Morgan fingerprint density at radius 1 is 1.64 bits per heavy atom. The highest BCUT2D eigenvalue weighted by molar-refractivity contribution is 5.91. The molecule has 0 aromatic rings. The van der Waals surface area contributed by atoms with Gasteiger partial charge in [-0.3, -0.25) is 4.79 Å². The summed E-state index contributed by atoms with van der Waals surface area (Å²) in [7, 11) is 1.65. The lowest BCUT2D eigenvalue weighted by atomic mass is 9.78. The Labute approximate surface area is 83.1 Å². The van der Waals surface area contributed by atoms with Gasteiger partial charge in [0.15, 0.2) is 5.78 Å². The number of carbonyl (C=O) groups excluding carboxylic acids is 2. The molecule has 0 aromatic heterocycles. The quantitative estimate of drug-likeness (QED) is 0.619. The Morgan fingerprint density at radius 3 is 3.07 bits per heavy atom. The molecule has 0 bridgehead atoms. The molecule has 2 aliphatic carbocycles. The van der Waals surface area contributed by atoms with E-state index in [1.54, 1.807) is 13.2 Å². The summed E-state index contributed by atoms with van der Waals surface area (Å²) in [5, 5.41) is 0. The molecule has 0 radical (unpaired) electrons. The van der Waals surface area contributed by atoms with E-state index in [0.29, 0.717) is 6.42 Å². The average Bonchev–Trinajstić information content (AvgIpc) is 2.57. The molecule has 0 saturated heterocycles. The maximum Gasteiger partial charge on any atom is 0.155 e. The highest BCUT2D eigenvalue weighted by Gasteiger charge is 2.49. The minimum Gasteiger partial charge on any atom is -0.374 e. The molecule has 14 heavy (non-hydrogen) atoms. The van der Waals surface area contributed by atoms with Crippen LogP contribution in [0.1, 0.15) is 19.3 Å². The smallest absolute Gasteiger partial charge is 0.155 e. The van der Waals surface area contributed by atoms with Gasteiger partial charge in [-0.15, -0.1) is 0 Å². The summed E-state index contributed by atoms with van der Waals surface area (Å²) in [6.07, 6.45) is 6.53. The second-order valence-corrected chi connectivity index (χ2v) is 4.11. The summed E-state index contributed by atoms with van der Waals surface area (Å²) in [6, 6.07) is 0. The van der Waals surface area contributed by atoms with Gasteiger partial charge in [-0.05, 0) is 25.0 Å². The van der Waals surface area contributed by atoms with Crippen molar-refractivity contribution in [3.8, 4) is 0 Å². The molecule has 0 spiro atoms. The van der Waals surface area contributed by atoms with Gasteiger partial charge in [-0.2, -0.15) is 0 Å². The fraction of sp³-hybridized carbons (Fsp3) is 0.636. The topological polar surface area (TPSA) is 43.4 Å². The number of carbonyl (C=O) groups is 2. The van der Waals surface area contributed by atoms with E-state index in [0.717, 1.165) is 19.1 Å². The van der Waals surface area contributed by atoms with Gasteiger partial charge >= 0.3 is 0 Å². The molecule has 0 N–H and O–H groups in total. The molecule has 2 aliphatic rings. The number of rotatable bonds is 2. The summed E-state index contributed by atoms with van der Waals surface area (Å²) >= 11 is 0. The van der Waals surface area contributed by atoms with Crippen LogP contribution in [-0.2, 0) is 14.3 Å². The number of methoxy groups -OCH3 is 1. The first-order valence-corrected chi connectivity index (χ1v) is 4.94. The summed E-state index contributed by atoms with van der Waals surface area (Å²) in [6.45, 7) is 0. The lowest BCUT2D eigenvalue weighted by Crippen LogP contribution is -2.39. The van der Waals surface area contributed by atoms with E-state index in [1.807, 2.05) is 6.08 Å². The van der Waals surface area contributed by atoms with Crippen LogP contribution >= 0.6 is 0 Å². The van der Waals surface area contributed by atoms with Gasteiger partial charge < -0.3 is 9.53 Å². The highest BCUT2D eigenvalue weighted by Crippen LogP contribution is 2.46. The Morgan fingerprint density at radius 2 is 2.43 bits per heavy atom. The Hall–Kier alpha value is -0.960. The fourth-order valence-corrected chi connectivity index (χ4v) is 2.68. The Balaban J connectivity index is 2.33. The minimum atomic E-state index is -0.348. The third-order valence-corrected chi connectivity index (χ3v) is 3.54. The second kappa shape index (κ2) is 3.31. The van der Waals surface area contributed by atoms with Crippen molar-refractivity contribution in [2.24, 2.45) is 11.8 Å². The van der Waals surface area contributed by atoms with E-state index in [9.17, 15) is 9.59 Å². The zero-order valence-corrected chi connectivity index (χ0v) is 8.23. The minimum absolute atomic E-state index is 0.0103. The summed E-state index contributed by atoms with van der Waals surface area (Å²) in [5.74, 6) is 0.155. The number of hydrogen-bond acceptors (Lipinski definition) is 3. The number of hydrogen-bond donors (Lipinski definition) is 0. The van der Waals surface area contributed by atoms with Crippen LogP contribution < -0.4 is 0 Å². The fourth-order valence-electron chi connectivity index (χ4n) is 2.68. The van der Waals surface area contributed by atoms with E-state index in [-0.39, 0.29) is 23.2 Å². The molecule has 0 aromatic carbocycles. The molecular formula is C11H14O3. The van der Waals surface area contributed by atoms with E-state index >= 15 is 0 Å². The van der Waals surface area contributed by atoms with E-state index < -0.39 is 0 Å². The van der Waals surface area contributed by atoms with E-state index in [2.05, 4.69) is 0 Å². The monoisotopic (exact) mass is 194 g/mol. The third kappa shape index (κ3) is 1.23. The largest absolute Gasteiger partial charge is 0.374 e. The lowest BCUT2D eigenvalue weighted by molar-refractivity contribution is -0.121. The average molecular weight is 194 g/mol. The number of fused-ring (bicyclic) bond motifs is 1. The maximum atomic E-state index is 11.3. The standard InChI is InChI=1S/C11H14O3/c1-14-11-4-2-8(7-12)10(11)6-9(13)3-5-11/h3,5,7-8,10H,2,4,6H2,1H3/t8-,10-,11+/m0/s1. The van der Waals surface area contributed by atoms with Gasteiger partial charge in [-0.1, -0.05) is 0 Å². The van der Waals surface area contributed by atoms with E-state index in [1.165, 1.54) is 0 Å². The van der Waals surface area contributed by atoms with Crippen LogP contribution in [0.4, 0.5) is 0 Å². The first-order valence-electron chi connectivity index (χ1n) is 4.94. The van der Waals surface area contributed by atoms with Crippen molar-refractivity contribution in [2.75, 3.05) is 7.11 Å². The molecule has 0 heterocycles. The normalized spacial score (nSPS) is 41.1. The molecule has 76 valence electrons. The van der Waals surface area contributed by atoms with Gasteiger partial charge in [0.25, 0.3) is 0 Å². The first kappa shape index (κ1) is 9.59. The van der Waals surface area contributed by atoms with Crippen molar-refractivity contribution in [3.63, 3.8) is 0 Å². The van der Waals surface area contributed by atoms with Crippen LogP contribution in [0.2, 0.25) is 0 Å². The van der Waals surface area contributed by atoms with Crippen LogP contribution in [0, 0.1) is 11.8 Å². The van der Waals surface area contributed by atoms with Gasteiger partial charge in [0, 0.05) is 25.4 Å². The van der Waals surface area contributed by atoms with Crippen LogP contribution in [-0.4, -0.2) is 24.8 Å². The van der Waals surface area contributed by atoms with Crippen LogP contribution in [0.5, 0.6) is 0 Å². The third-order valence-electron chi connectivity index (χ3n) is 3.54. The SMILES string of the molecule is CO[C@]12C=CC(=O)C[C@H]1[C@H](C=O)CC2. The Bertz CT molecular complexity index is 295. The molecule has 3 nitrogen and oxygen atoms in total. The summed E-state index contributed by atoms with van der Waals surface area (Å²) < 4.78 is 5.49. The van der Waals surface area contributed by atoms with Crippen molar-refractivity contribution in [3.05, 3.63) is 12.2 Å². The molecule has 3 atom stereocenters. The zero-order valence-electron chi connectivity index (χ0n) is 8.23. The number of ketones is 1. The summed E-state index contributed by atoms with van der Waals surface area (Å²) in [4.78, 5) is 22.1. The molecule has 0 aliphatic heterocycles. The number of allylic oxidation sites excluding steroid dienone is 1. The number of aldehydes is 1. The highest BCUT2D eigenvalue weighted by atomic mass is 16.5. The van der Waals surface area contributed by atoms with Crippen LogP contribution in [0.15, 0.2) is 12.2 Å². The molecule has 1 fully saturated rings. The predicted octanol–water partition coefficient (Wildman–Crippen LogP) is 1.13. The lowest BCUT2D eigenvalue weighted by Gasteiger charge is -2.34. The molecule has 1 saturated carbocycles. The zero-order chi connectivity index (χ0) is 10.2. The molecule has 0 amide bonds. The Kier molecular flexibility index (Phi) is 2.27. The molecular weight excluding hydrogens is 180 g/mol. The van der Waals surface area contributed by atoms with Crippen LogP contribution in [0.3, 0.4) is 0 Å². The maximum absolute atomic E-state index is 11.3. The van der Waals surface area contributed by atoms with Gasteiger partial charge in [0.2, 0.25) is 0 Å². The van der Waals surface area contributed by atoms with Crippen LogP contribution in [0.25, 0.3) is 0 Å². The van der Waals surface area contributed by atoms with Crippen molar-refractivity contribution < 1.29 is 14.3 Å². The van der Waals surface area contributed by atoms with E-state index in [4.69, 9.17) is 4.74 Å². The number of ether oxygens (including phenoxy) is 1. The molecule has 0 unspecified atom stereocenters. The first-order chi connectivity index (χ1) is 6.72. The van der Waals surface area contributed by atoms with Gasteiger partial charge in [0.1, 0.15) is 6.29 Å². The summed E-state index contributed by atoms with van der Waals surface area (Å²) in [5.41, 5.74) is -0.348. The second-order valence-electron chi connectivity index (χ2n) is 4.11. The van der Waals surface area contributed by atoms with Gasteiger partial charge in [0.05, 0.1) is 5.60 Å². The molecule has 3 heteroatoms. The predicted molar refractivity (Wildman–Crippen MR) is 50.8 cm³/mol. The van der Waals surface area contributed by atoms with Crippen molar-refractivity contribution in [1.82, 2.24) is 0 Å². The van der Waals surface area contributed by atoms with Crippen molar-refractivity contribution >= 4 is 12.1 Å².